The molecule has 0 saturated carbocycles. The zero-order valence-corrected chi connectivity index (χ0v) is 11.4. The van der Waals surface area contributed by atoms with Gasteiger partial charge in [0.05, 0.1) is 31.0 Å². The maximum atomic E-state index is 13.8. The first-order chi connectivity index (χ1) is 9.72. The summed E-state index contributed by atoms with van der Waals surface area (Å²) in [6.45, 7) is 2.71. The molecular formula is C15H19FN2O2. The number of benzene rings is 1. The maximum Gasteiger partial charge on any atom is 0.129 e. The van der Waals surface area contributed by atoms with Crippen LogP contribution in [0, 0.1) is 17.1 Å². The third-order valence-electron chi connectivity index (χ3n) is 3.56. The van der Waals surface area contributed by atoms with Gasteiger partial charge in [-0.2, -0.15) is 5.26 Å². The van der Waals surface area contributed by atoms with Gasteiger partial charge in [0.25, 0.3) is 0 Å². The topological polar surface area (TPSA) is 56.5 Å². The second kappa shape index (κ2) is 7.34. The van der Waals surface area contributed by atoms with E-state index in [0.29, 0.717) is 24.3 Å². The fourth-order valence-corrected chi connectivity index (χ4v) is 2.44. The molecule has 4 nitrogen and oxygen atoms in total. The quantitative estimate of drug-likeness (QED) is 0.890. The van der Waals surface area contributed by atoms with Crippen LogP contribution < -0.4 is 0 Å². The zero-order chi connectivity index (χ0) is 14.4. The van der Waals surface area contributed by atoms with Crippen molar-refractivity contribution in [2.75, 3.05) is 26.3 Å². The lowest BCUT2D eigenvalue weighted by atomic mass is 10.1. The van der Waals surface area contributed by atoms with Crippen LogP contribution in [0.4, 0.5) is 4.39 Å². The molecule has 0 unspecified atom stereocenters. The highest BCUT2D eigenvalue weighted by Crippen LogP contribution is 2.18. The Kier molecular flexibility index (Phi) is 5.48. The van der Waals surface area contributed by atoms with Crippen molar-refractivity contribution < 1.29 is 14.2 Å². The number of nitrogens with zero attached hydrogens (tertiary/aromatic N) is 2. The van der Waals surface area contributed by atoms with Crippen LogP contribution in [0.1, 0.15) is 24.0 Å². The Morgan fingerprint density at radius 2 is 2.15 bits per heavy atom. The van der Waals surface area contributed by atoms with Crippen LogP contribution in [0.2, 0.25) is 0 Å². The lowest BCUT2D eigenvalue weighted by molar-refractivity contribution is -0.00914. The summed E-state index contributed by atoms with van der Waals surface area (Å²) >= 11 is 0. The van der Waals surface area contributed by atoms with Gasteiger partial charge in [-0.15, -0.1) is 0 Å². The first-order valence-corrected chi connectivity index (χ1v) is 6.86. The SMILES string of the molecule is N#Cc1ccc(CN2CCC(OCCO)CC2)c(F)c1. The third kappa shape index (κ3) is 4.01. The molecule has 0 amide bonds. The molecule has 108 valence electrons. The summed E-state index contributed by atoms with van der Waals surface area (Å²) in [6.07, 6.45) is 2.00. The molecule has 2 rings (SSSR count). The molecule has 1 aliphatic rings. The largest absolute Gasteiger partial charge is 0.394 e. The molecule has 0 atom stereocenters. The number of nitriles is 1. The minimum atomic E-state index is -0.317. The van der Waals surface area contributed by atoms with Crippen molar-refractivity contribution in [1.29, 1.82) is 5.26 Å². The van der Waals surface area contributed by atoms with Gasteiger partial charge < -0.3 is 9.84 Å². The molecule has 1 aromatic carbocycles. The molecule has 0 aliphatic carbocycles. The fourth-order valence-electron chi connectivity index (χ4n) is 2.44. The van der Waals surface area contributed by atoms with E-state index in [4.69, 9.17) is 15.1 Å². The molecule has 0 radical (unpaired) electrons. The molecule has 1 fully saturated rings. The molecule has 0 bridgehead atoms. The lowest BCUT2D eigenvalue weighted by Crippen LogP contribution is -2.37. The van der Waals surface area contributed by atoms with Gasteiger partial charge >= 0.3 is 0 Å². The Morgan fingerprint density at radius 3 is 2.75 bits per heavy atom. The van der Waals surface area contributed by atoms with Crippen molar-refractivity contribution in [3.8, 4) is 6.07 Å². The first kappa shape index (κ1) is 14.9. The number of aliphatic hydroxyl groups is 1. The second-order valence-electron chi connectivity index (χ2n) is 4.99. The Bertz CT molecular complexity index is 479. The van der Waals surface area contributed by atoms with Gasteiger partial charge in [-0.3, -0.25) is 4.90 Å². The summed E-state index contributed by atoms with van der Waals surface area (Å²) in [5.41, 5.74) is 0.973. The van der Waals surface area contributed by atoms with Crippen LogP contribution in [-0.4, -0.2) is 42.4 Å². The molecule has 1 aromatic rings. The number of hydrogen-bond acceptors (Lipinski definition) is 4. The Labute approximate surface area is 118 Å². The minimum Gasteiger partial charge on any atom is -0.394 e. The number of piperidine rings is 1. The van der Waals surface area contributed by atoms with E-state index in [0.717, 1.165) is 25.9 Å². The smallest absolute Gasteiger partial charge is 0.129 e. The van der Waals surface area contributed by atoms with Crippen molar-refractivity contribution in [2.45, 2.75) is 25.5 Å². The van der Waals surface area contributed by atoms with Crippen LogP contribution in [0.5, 0.6) is 0 Å². The number of likely N-dealkylation sites (tertiary alicyclic amines) is 1. The monoisotopic (exact) mass is 278 g/mol. The zero-order valence-electron chi connectivity index (χ0n) is 11.4. The summed E-state index contributed by atoms with van der Waals surface area (Å²) < 4.78 is 19.3. The molecule has 1 aliphatic heterocycles. The summed E-state index contributed by atoms with van der Waals surface area (Å²) in [7, 11) is 0. The third-order valence-corrected chi connectivity index (χ3v) is 3.56. The van der Waals surface area contributed by atoms with Gasteiger partial charge in [0.1, 0.15) is 5.82 Å². The molecule has 0 aromatic heterocycles. The van der Waals surface area contributed by atoms with Crippen LogP contribution in [-0.2, 0) is 11.3 Å². The number of hydrogen-bond donors (Lipinski definition) is 1. The van der Waals surface area contributed by atoms with Crippen molar-refractivity contribution in [3.05, 3.63) is 35.1 Å². The highest BCUT2D eigenvalue weighted by atomic mass is 19.1. The molecule has 1 N–H and O–H groups in total. The van der Waals surface area contributed by atoms with Crippen molar-refractivity contribution in [3.63, 3.8) is 0 Å². The minimum absolute atomic E-state index is 0.0522. The van der Waals surface area contributed by atoms with E-state index in [-0.39, 0.29) is 18.5 Å². The number of rotatable bonds is 5. The van der Waals surface area contributed by atoms with Gasteiger partial charge in [0.2, 0.25) is 0 Å². The van der Waals surface area contributed by atoms with E-state index in [1.807, 2.05) is 6.07 Å². The molecule has 5 heteroatoms. The van der Waals surface area contributed by atoms with Crippen LogP contribution in [0.3, 0.4) is 0 Å². The average molecular weight is 278 g/mol. The predicted molar refractivity (Wildman–Crippen MR) is 72.5 cm³/mol. The Morgan fingerprint density at radius 1 is 1.40 bits per heavy atom. The van der Waals surface area contributed by atoms with Gasteiger partial charge in [-0.1, -0.05) is 6.07 Å². The average Bonchev–Trinajstić information content (AvgIpc) is 2.48. The standard InChI is InChI=1S/C15H19FN2O2/c16-15-9-12(10-17)1-2-13(15)11-18-5-3-14(4-6-18)20-8-7-19/h1-2,9,14,19H,3-8,11H2. The van der Waals surface area contributed by atoms with E-state index >= 15 is 0 Å². The summed E-state index contributed by atoms with van der Waals surface area (Å²) in [5.74, 6) is -0.317. The molecule has 0 spiro atoms. The van der Waals surface area contributed by atoms with Gasteiger partial charge in [-0.25, -0.2) is 4.39 Å². The summed E-state index contributed by atoms with van der Waals surface area (Å²) in [5, 5.41) is 17.4. The predicted octanol–water partition coefficient (Wildman–Crippen LogP) is 1.67. The van der Waals surface area contributed by atoms with E-state index in [2.05, 4.69) is 4.90 Å². The van der Waals surface area contributed by atoms with E-state index in [1.165, 1.54) is 6.07 Å². The first-order valence-electron chi connectivity index (χ1n) is 6.86. The van der Waals surface area contributed by atoms with Gasteiger partial charge in [0, 0.05) is 25.2 Å². The molecule has 1 saturated heterocycles. The van der Waals surface area contributed by atoms with Crippen LogP contribution >= 0.6 is 0 Å². The number of halogens is 1. The lowest BCUT2D eigenvalue weighted by Gasteiger charge is -2.31. The van der Waals surface area contributed by atoms with Gasteiger partial charge in [0.15, 0.2) is 0 Å². The van der Waals surface area contributed by atoms with E-state index in [9.17, 15) is 4.39 Å². The van der Waals surface area contributed by atoms with Crippen LogP contribution in [0.15, 0.2) is 18.2 Å². The highest BCUT2D eigenvalue weighted by Gasteiger charge is 2.20. The second-order valence-corrected chi connectivity index (χ2v) is 4.99. The van der Waals surface area contributed by atoms with Crippen molar-refractivity contribution in [2.24, 2.45) is 0 Å². The van der Waals surface area contributed by atoms with Gasteiger partial charge in [-0.05, 0) is 25.0 Å². The summed E-state index contributed by atoms with van der Waals surface area (Å²) in [4.78, 5) is 2.18. The van der Waals surface area contributed by atoms with E-state index in [1.54, 1.807) is 12.1 Å². The maximum absolute atomic E-state index is 13.8. The number of ether oxygens (including phenoxy) is 1. The normalized spacial score (nSPS) is 17.1. The van der Waals surface area contributed by atoms with E-state index < -0.39 is 0 Å². The van der Waals surface area contributed by atoms with Crippen LogP contribution in [0.25, 0.3) is 0 Å². The van der Waals surface area contributed by atoms with Crippen molar-refractivity contribution in [1.82, 2.24) is 4.90 Å². The summed E-state index contributed by atoms with van der Waals surface area (Å²) in [6, 6.07) is 6.55. The molecular weight excluding hydrogens is 259 g/mol. The molecule has 20 heavy (non-hydrogen) atoms. The van der Waals surface area contributed by atoms with Crippen molar-refractivity contribution >= 4 is 0 Å². The highest BCUT2D eigenvalue weighted by molar-refractivity contribution is 5.32. The molecule has 1 heterocycles. The Hall–Kier alpha value is -1.48. The fraction of sp³-hybridized carbons (Fsp3) is 0.533. The Balaban J connectivity index is 1.85. The number of aliphatic hydroxyl groups excluding tert-OH is 1.